The monoisotopic (exact) mass is 231 g/mol. The van der Waals surface area contributed by atoms with Gasteiger partial charge in [-0.15, -0.1) is 0 Å². The molecule has 0 aromatic heterocycles. The zero-order valence-electron chi connectivity index (χ0n) is 11.9. The van der Waals surface area contributed by atoms with E-state index < -0.39 is 0 Å². The maximum Gasteiger partial charge on any atom is 0.0386 e. The molecule has 0 fully saturated rings. The van der Waals surface area contributed by atoms with Crippen molar-refractivity contribution in [3.63, 3.8) is 0 Å². The highest BCUT2D eigenvalue weighted by atomic mass is 14.7. The molecule has 0 aromatic rings. The van der Waals surface area contributed by atoms with E-state index >= 15 is 0 Å². The number of hydrogen-bond donors (Lipinski definition) is 0. The molecule has 1 heteroatoms. The normalized spacial score (nSPS) is 12.4. The molecule has 94 valence electrons. The van der Waals surface area contributed by atoms with Crippen molar-refractivity contribution in [1.29, 1.82) is 0 Å². The Morgan fingerprint density at radius 3 is 2.24 bits per heavy atom. The fraction of sp³-hybridized carbons (Fsp3) is 0.438. The lowest BCUT2D eigenvalue weighted by Gasteiger charge is -2.00. The van der Waals surface area contributed by atoms with Crippen LogP contribution in [0.5, 0.6) is 0 Å². The summed E-state index contributed by atoms with van der Waals surface area (Å²) in [7, 11) is 0. The van der Waals surface area contributed by atoms with Crippen molar-refractivity contribution in [1.82, 2.24) is 0 Å². The Labute approximate surface area is 106 Å². The van der Waals surface area contributed by atoms with Gasteiger partial charge in [-0.05, 0) is 45.3 Å². The molecule has 0 radical (unpaired) electrons. The summed E-state index contributed by atoms with van der Waals surface area (Å²) in [4.78, 5) is 4.34. The first kappa shape index (κ1) is 15.6. The highest BCUT2D eigenvalue weighted by Crippen LogP contribution is 2.10. The lowest BCUT2D eigenvalue weighted by Crippen LogP contribution is -1.85. The molecule has 0 amide bonds. The third-order valence-corrected chi connectivity index (χ3v) is 2.16. The molecule has 0 N–H and O–H groups in total. The molecule has 0 spiro atoms. The Kier molecular flexibility index (Phi) is 8.04. The SMILES string of the molecule is C=C(C)/C=C\C(/C=C(\C)C=NCCC)=C(C)C. The van der Waals surface area contributed by atoms with E-state index in [0.29, 0.717) is 0 Å². The van der Waals surface area contributed by atoms with Crippen LogP contribution in [-0.2, 0) is 0 Å². The van der Waals surface area contributed by atoms with Gasteiger partial charge in [-0.1, -0.05) is 42.9 Å². The summed E-state index contributed by atoms with van der Waals surface area (Å²) in [6.45, 7) is 15.2. The Morgan fingerprint density at radius 1 is 1.12 bits per heavy atom. The number of hydrogen-bond acceptors (Lipinski definition) is 1. The van der Waals surface area contributed by atoms with E-state index in [1.54, 1.807) is 0 Å². The van der Waals surface area contributed by atoms with Gasteiger partial charge in [0.1, 0.15) is 0 Å². The molecule has 0 saturated carbocycles. The summed E-state index contributed by atoms with van der Waals surface area (Å²) in [6, 6.07) is 0. The molecule has 1 nitrogen and oxygen atoms in total. The van der Waals surface area contributed by atoms with Crippen molar-refractivity contribution < 1.29 is 0 Å². The van der Waals surface area contributed by atoms with Crippen molar-refractivity contribution in [3.8, 4) is 0 Å². The molecule has 0 aliphatic carbocycles. The summed E-state index contributed by atoms with van der Waals surface area (Å²) in [6.07, 6.45) is 9.34. The van der Waals surface area contributed by atoms with E-state index in [9.17, 15) is 0 Å². The molecule has 0 heterocycles. The van der Waals surface area contributed by atoms with Crippen LogP contribution in [0, 0.1) is 0 Å². The highest BCUT2D eigenvalue weighted by Gasteiger charge is 1.92. The van der Waals surface area contributed by atoms with E-state index in [-0.39, 0.29) is 0 Å². The lowest BCUT2D eigenvalue weighted by atomic mass is 10.1. The van der Waals surface area contributed by atoms with Crippen molar-refractivity contribution >= 4 is 6.21 Å². The third-order valence-electron chi connectivity index (χ3n) is 2.16. The molecule has 0 rings (SSSR count). The first-order chi connectivity index (χ1) is 7.97. The minimum atomic E-state index is 0.900. The zero-order valence-corrected chi connectivity index (χ0v) is 11.9. The Morgan fingerprint density at radius 2 is 1.76 bits per heavy atom. The molecule has 0 aliphatic rings. The van der Waals surface area contributed by atoms with Crippen molar-refractivity contribution in [2.75, 3.05) is 6.54 Å². The largest absolute Gasteiger partial charge is 0.293 e. The van der Waals surface area contributed by atoms with E-state index in [0.717, 1.165) is 18.5 Å². The molecule has 0 aliphatic heterocycles. The standard InChI is InChI=1S/C16H25N/c1-7-10-17-12-15(6)11-16(14(4)5)9-8-13(2)3/h8-9,11-12H,2,7,10H2,1,3-6H3/b9-8-,15-11+,17-12?. The number of rotatable bonds is 6. The van der Waals surface area contributed by atoms with Gasteiger partial charge in [0, 0.05) is 12.8 Å². The third kappa shape index (κ3) is 8.44. The van der Waals surface area contributed by atoms with Gasteiger partial charge in [0.15, 0.2) is 0 Å². The summed E-state index contributed by atoms with van der Waals surface area (Å²) in [5.41, 5.74) is 4.77. The summed E-state index contributed by atoms with van der Waals surface area (Å²) in [5, 5.41) is 0. The van der Waals surface area contributed by atoms with Gasteiger partial charge in [-0.25, -0.2) is 0 Å². The van der Waals surface area contributed by atoms with Gasteiger partial charge in [0.25, 0.3) is 0 Å². The Hall–Kier alpha value is -1.37. The predicted molar refractivity (Wildman–Crippen MR) is 79.7 cm³/mol. The van der Waals surface area contributed by atoms with E-state index in [1.165, 1.54) is 16.7 Å². The average molecular weight is 231 g/mol. The van der Waals surface area contributed by atoms with E-state index in [1.807, 2.05) is 19.2 Å². The number of aliphatic imine (C=N–C) groups is 1. The van der Waals surface area contributed by atoms with Crippen molar-refractivity contribution in [2.24, 2.45) is 4.99 Å². The Bertz CT molecular complexity index is 361. The molecular formula is C16H25N. The number of nitrogens with zero attached hydrogens (tertiary/aromatic N) is 1. The van der Waals surface area contributed by atoms with Crippen LogP contribution in [0.1, 0.15) is 41.0 Å². The van der Waals surface area contributed by atoms with Crippen LogP contribution < -0.4 is 0 Å². The Balaban J connectivity index is 4.83. The topological polar surface area (TPSA) is 12.4 Å². The molecular weight excluding hydrogens is 206 g/mol. The fourth-order valence-electron chi connectivity index (χ4n) is 1.21. The molecule has 0 atom stereocenters. The second-order valence-electron chi connectivity index (χ2n) is 4.56. The van der Waals surface area contributed by atoms with Crippen LogP contribution in [0.15, 0.2) is 52.1 Å². The van der Waals surface area contributed by atoms with Crippen LogP contribution in [0.4, 0.5) is 0 Å². The maximum atomic E-state index is 4.34. The highest BCUT2D eigenvalue weighted by molar-refractivity contribution is 5.78. The predicted octanol–water partition coefficient (Wildman–Crippen LogP) is 4.88. The number of allylic oxidation sites excluding steroid dienone is 7. The second kappa shape index (κ2) is 8.74. The second-order valence-corrected chi connectivity index (χ2v) is 4.56. The van der Waals surface area contributed by atoms with Gasteiger partial charge in [0.05, 0.1) is 0 Å². The average Bonchev–Trinajstić information content (AvgIpc) is 2.23. The van der Waals surface area contributed by atoms with Gasteiger partial charge in [-0.2, -0.15) is 0 Å². The molecule has 17 heavy (non-hydrogen) atoms. The van der Waals surface area contributed by atoms with E-state index in [2.05, 4.69) is 51.4 Å². The van der Waals surface area contributed by atoms with Crippen LogP contribution in [0.2, 0.25) is 0 Å². The van der Waals surface area contributed by atoms with E-state index in [4.69, 9.17) is 0 Å². The minimum Gasteiger partial charge on any atom is -0.293 e. The quantitative estimate of drug-likeness (QED) is 0.456. The van der Waals surface area contributed by atoms with Gasteiger partial charge in [-0.3, -0.25) is 4.99 Å². The van der Waals surface area contributed by atoms with Gasteiger partial charge >= 0.3 is 0 Å². The lowest BCUT2D eigenvalue weighted by molar-refractivity contribution is 0.936. The van der Waals surface area contributed by atoms with Gasteiger partial charge < -0.3 is 0 Å². The van der Waals surface area contributed by atoms with Crippen LogP contribution in [-0.4, -0.2) is 12.8 Å². The molecule has 0 bridgehead atoms. The molecule has 0 aromatic carbocycles. The van der Waals surface area contributed by atoms with Crippen LogP contribution >= 0.6 is 0 Å². The maximum absolute atomic E-state index is 4.34. The smallest absolute Gasteiger partial charge is 0.0386 e. The van der Waals surface area contributed by atoms with Crippen molar-refractivity contribution in [3.05, 3.63) is 47.1 Å². The van der Waals surface area contributed by atoms with Crippen LogP contribution in [0.3, 0.4) is 0 Å². The summed E-state index contributed by atoms with van der Waals surface area (Å²) < 4.78 is 0. The fourth-order valence-corrected chi connectivity index (χ4v) is 1.21. The van der Waals surface area contributed by atoms with Crippen LogP contribution in [0.25, 0.3) is 0 Å². The van der Waals surface area contributed by atoms with Crippen molar-refractivity contribution in [2.45, 2.75) is 41.0 Å². The zero-order chi connectivity index (χ0) is 13.3. The first-order valence-electron chi connectivity index (χ1n) is 6.16. The van der Waals surface area contributed by atoms with Gasteiger partial charge in [0.2, 0.25) is 0 Å². The molecule has 0 unspecified atom stereocenters. The summed E-state index contributed by atoms with van der Waals surface area (Å²) in [5.74, 6) is 0. The first-order valence-corrected chi connectivity index (χ1v) is 6.16. The minimum absolute atomic E-state index is 0.900. The molecule has 0 saturated heterocycles. The summed E-state index contributed by atoms with van der Waals surface area (Å²) >= 11 is 0.